The third kappa shape index (κ3) is 5.43. The van der Waals surface area contributed by atoms with Gasteiger partial charge in [0.2, 0.25) is 0 Å². The summed E-state index contributed by atoms with van der Waals surface area (Å²) in [5, 5.41) is 22.7. The first-order valence-corrected chi connectivity index (χ1v) is 12.0. The number of rotatable bonds is 8. The molecule has 0 radical (unpaired) electrons. The molecular weight excluding hydrogens is 465 g/mol. The molecule has 0 aliphatic carbocycles. The lowest BCUT2D eigenvalue weighted by atomic mass is 9.89. The van der Waals surface area contributed by atoms with Crippen molar-refractivity contribution in [1.82, 2.24) is 4.90 Å². The van der Waals surface area contributed by atoms with Crippen LogP contribution in [0.1, 0.15) is 28.3 Å². The molecule has 35 heavy (non-hydrogen) atoms. The van der Waals surface area contributed by atoms with Gasteiger partial charge < -0.3 is 14.9 Å². The van der Waals surface area contributed by atoms with Crippen molar-refractivity contribution in [3.05, 3.63) is 107 Å². The fourth-order valence-electron chi connectivity index (χ4n) is 4.63. The minimum atomic E-state index is -0.436. The van der Waals surface area contributed by atoms with E-state index in [2.05, 4.69) is 18.1 Å². The molecule has 3 aromatic carbocycles. The first-order chi connectivity index (χ1) is 16.9. The van der Waals surface area contributed by atoms with Crippen LogP contribution < -0.4 is 0 Å². The van der Waals surface area contributed by atoms with Crippen molar-refractivity contribution in [2.45, 2.75) is 18.9 Å². The molecule has 1 saturated heterocycles. The van der Waals surface area contributed by atoms with E-state index in [0.29, 0.717) is 61.4 Å². The Kier molecular flexibility index (Phi) is 7.91. The monoisotopic (exact) mass is 493 g/mol. The highest BCUT2D eigenvalue weighted by Gasteiger charge is 2.30. The van der Waals surface area contributed by atoms with Crippen LogP contribution in [0, 0.1) is 5.82 Å². The Morgan fingerprint density at radius 1 is 0.914 bits per heavy atom. The van der Waals surface area contributed by atoms with Gasteiger partial charge in [0.15, 0.2) is 0 Å². The fourth-order valence-corrected chi connectivity index (χ4v) is 4.90. The summed E-state index contributed by atoms with van der Waals surface area (Å²) in [6, 6.07) is 13.0. The van der Waals surface area contributed by atoms with E-state index in [1.165, 1.54) is 12.1 Å². The van der Waals surface area contributed by atoms with Crippen LogP contribution in [0.2, 0.25) is 5.02 Å². The number of phenolic OH excluding ortho intramolecular Hbond substituents is 2. The van der Waals surface area contributed by atoms with Crippen molar-refractivity contribution >= 4 is 11.6 Å². The molecule has 1 unspecified atom stereocenters. The molecule has 1 aliphatic heterocycles. The van der Waals surface area contributed by atoms with Crippen molar-refractivity contribution in [2.75, 3.05) is 26.3 Å². The van der Waals surface area contributed by atoms with E-state index in [0.717, 1.165) is 11.1 Å². The lowest BCUT2D eigenvalue weighted by Crippen LogP contribution is -2.39. The van der Waals surface area contributed by atoms with Gasteiger partial charge in [-0.15, -0.1) is 13.2 Å². The third-order valence-corrected chi connectivity index (χ3v) is 6.60. The number of hydrogen-bond donors (Lipinski definition) is 2. The summed E-state index contributed by atoms with van der Waals surface area (Å²) < 4.78 is 19.5. The third-order valence-electron chi connectivity index (χ3n) is 6.27. The number of benzene rings is 3. The lowest BCUT2D eigenvalue weighted by molar-refractivity contribution is 0.0236. The van der Waals surface area contributed by atoms with Crippen molar-refractivity contribution < 1.29 is 19.3 Å². The minimum Gasteiger partial charge on any atom is -0.507 e. The molecule has 0 amide bonds. The van der Waals surface area contributed by atoms with Crippen molar-refractivity contribution in [2.24, 2.45) is 0 Å². The lowest BCUT2D eigenvalue weighted by Gasteiger charge is -2.36. The van der Waals surface area contributed by atoms with Crippen LogP contribution in [0.4, 0.5) is 4.39 Å². The molecule has 1 fully saturated rings. The molecule has 1 aliphatic rings. The normalized spacial score (nSPS) is 15.0. The summed E-state index contributed by atoms with van der Waals surface area (Å²) in [4.78, 5) is 2.17. The largest absolute Gasteiger partial charge is 0.507 e. The quantitative estimate of drug-likeness (QED) is 0.355. The number of halogens is 2. The molecule has 6 heteroatoms. The van der Waals surface area contributed by atoms with Crippen LogP contribution in [0.5, 0.6) is 11.5 Å². The first-order valence-electron chi connectivity index (χ1n) is 11.6. The van der Waals surface area contributed by atoms with Gasteiger partial charge in [0.25, 0.3) is 0 Å². The van der Waals surface area contributed by atoms with Gasteiger partial charge in [-0.1, -0.05) is 35.9 Å². The van der Waals surface area contributed by atoms with Crippen LogP contribution in [-0.4, -0.2) is 41.4 Å². The Morgan fingerprint density at radius 3 is 2.29 bits per heavy atom. The molecule has 3 aromatic rings. The zero-order valence-electron chi connectivity index (χ0n) is 19.5. The number of phenols is 2. The smallest absolute Gasteiger partial charge is 0.128 e. The maximum atomic E-state index is 13.9. The second kappa shape index (κ2) is 11.1. The topological polar surface area (TPSA) is 52.9 Å². The van der Waals surface area contributed by atoms with Crippen molar-refractivity contribution in [3.8, 4) is 22.6 Å². The molecule has 1 heterocycles. The SMILES string of the molecule is C=CCc1ccc(O)c(-c2cc(CC=C)cc(C(c3ccc(F)cc3Cl)N3CCOCC3)c2O)c1. The zero-order chi connectivity index (χ0) is 24.9. The van der Waals surface area contributed by atoms with Gasteiger partial charge in [-0.3, -0.25) is 4.90 Å². The summed E-state index contributed by atoms with van der Waals surface area (Å²) in [5.41, 5.74) is 4.25. The average Bonchev–Trinajstić information content (AvgIpc) is 2.84. The Balaban J connectivity index is 1.95. The van der Waals surface area contributed by atoms with Gasteiger partial charge >= 0.3 is 0 Å². The number of allylic oxidation sites excluding steroid dienone is 2. The maximum Gasteiger partial charge on any atom is 0.128 e. The predicted molar refractivity (Wildman–Crippen MR) is 139 cm³/mol. The maximum absolute atomic E-state index is 13.9. The summed E-state index contributed by atoms with van der Waals surface area (Å²) in [7, 11) is 0. The summed E-state index contributed by atoms with van der Waals surface area (Å²) in [6.45, 7) is 10.00. The van der Waals surface area contributed by atoms with Gasteiger partial charge in [-0.05, 0) is 65.9 Å². The van der Waals surface area contributed by atoms with Crippen LogP contribution in [0.25, 0.3) is 11.1 Å². The molecule has 0 spiro atoms. The highest BCUT2D eigenvalue weighted by molar-refractivity contribution is 6.31. The molecule has 0 saturated carbocycles. The molecule has 4 rings (SSSR count). The summed E-state index contributed by atoms with van der Waals surface area (Å²) in [5.74, 6) is -0.313. The minimum absolute atomic E-state index is 0.0424. The second-order valence-electron chi connectivity index (χ2n) is 8.64. The average molecular weight is 494 g/mol. The predicted octanol–water partition coefficient (Wildman–Crippen LogP) is 6.44. The molecule has 4 nitrogen and oxygen atoms in total. The van der Waals surface area contributed by atoms with Gasteiger partial charge in [0, 0.05) is 34.8 Å². The number of nitrogens with zero attached hydrogens (tertiary/aromatic N) is 1. The molecule has 1 atom stereocenters. The highest BCUT2D eigenvalue weighted by atomic mass is 35.5. The summed E-state index contributed by atoms with van der Waals surface area (Å²) >= 11 is 6.54. The van der Waals surface area contributed by atoms with Crippen LogP contribution in [0.3, 0.4) is 0 Å². The van der Waals surface area contributed by atoms with E-state index in [4.69, 9.17) is 16.3 Å². The Bertz CT molecular complexity index is 1240. The van der Waals surface area contributed by atoms with Crippen LogP contribution in [0.15, 0.2) is 73.8 Å². The van der Waals surface area contributed by atoms with E-state index >= 15 is 0 Å². The van der Waals surface area contributed by atoms with E-state index in [1.807, 2.05) is 24.3 Å². The standard InChI is InChI=1S/C29H29ClFNO3/c1-3-5-19-7-10-27(33)23(15-19)24-16-20(6-4-2)17-25(29(24)34)28(32-11-13-35-14-12-32)22-9-8-21(31)18-26(22)30/h3-4,7-10,15-18,28,33-34H,1-2,5-6,11-14H2. The molecule has 0 bridgehead atoms. The van der Waals surface area contributed by atoms with E-state index in [1.54, 1.807) is 24.3 Å². The molecular formula is C29H29ClFNO3. The number of aromatic hydroxyl groups is 2. The zero-order valence-corrected chi connectivity index (χ0v) is 20.3. The highest BCUT2D eigenvalue weighted by Crippen LogP contribution is 2.45. The Hall–Kier alpha value is -3.12. The Morgan fingerprint density at radius 2 is 1.60 bits per heavy atom. The van der Waals surface area contributed by atoms with Crippen LogP contribution in [-0.2, 0) is 17.6 Å². The van der Waals surface area contributed by atoms with E-state index < -0.39 is 11.9 Å². The van der Waals surface area contributed by atoms with Crippen LogP contribution >= 0.6 is 11.6 Å². The molecule has 2 N–H and O–H groups in total. The van der Waals surface area contributed by atoms with Gasteiger partial charge in [-0.2, -0.15) is 0 Å². The fraction of sp³-hybridized carbons (Fsp3) is 0.241. The van der Waals surface area contributed by atoms with E-state index in [-0.39, 0.29) is 16.5 Å². The first kappa shape index (κ1) is 25.0. The Labute approximate surface area is 210 Å². The second-order valence-corrected chi connectivity index (χ2v) is 9.04. The molecule has 182 valence electrons. The number of ether oxygens (including phenoxy) is 1. The van der Waals surface area contributed by atoms with Gasteiger partial charge in [0.05, 0.1) is 19.3 Å². The van der Waals surface area contributed by atoms with Crippen molar-refractivity contribution in [1.29, 1.82) is 0 Å². The number of morpholine rings is 1. The van der Waals surface area contributed by atoms with Gasteiger partial charge in [0.1, 0.15) is 17.3 Å². The van der Waals surface area contributed by atoms with Crippen molar-refractivity contribution in [3.63, 3.8) is 0 Å². The van der Waals surface area contributed by atoms with Gasteiger partial charge in [-0.25, -0.2) is 4.39 Å². The number of hydrogen-bond acceptors (Lipinski definition) is 4. The summed E-state index contributed by atoms with van der Waals surface area (Å²) in [6.07, 6.45) is 4.79. The molecule has 0 aromatic heterocycles. The van der Waals surface area contributed by atoms with E-state index in [9.17, 15) is 14.6 Å².